The standard InChI is InChI=1S/C14H29N3O/c1-12-5-7-13(8-6-12)17(3)11-14(18)16(2)10-4-9-15/h12-13H,4-11,15H2,1-3H3. The molecule has 0 saturated heterocycles. The summed E-state index contributed by atoms with van der Waals surface area (Å²) in [6.07, 6.45) is 5.94. The lowest BCUT2D eigenvalue weighted by Crippen LogP contribution is -2.43. The number of hydrogen-bond donors (Lipinski definition) is 1. The van der Waals surface area contributed by atoms with E-state index in [1.54, 1.807) is 4.90 Å². The van der Waals surface area contributed by atoms with Crippen molar-refractivity contribution < 1.29 is 4.79 Å². The Kier molecular flexibility index (Phi) is 6.65. The van der Waals surface area contributed by atoms with E-state index >= 15 is 0 Å². The Morgan fingerprint density at radius 2 is 1.83 bits per heavy atom. The summed E-state index contributed by atoms with van der Waals surface area (Å²) in [5, 5.41) is 0. The van der Waals surface area contributed by atoms with Gasteiger partial charge < -0.3 is 10.6 Å². The van der Waals surface area contributed by atoms with Crippen LogP contribution in [0, 0.1) is 5.92 Å². The van der Waals surface area contributed by atoms with Gasteiger partial charge >= 0.3 is 0 Å². The Labute approximate surface area is 111 Å². The van der Waals surface area contributed by atoms with Crippen LogP contribution in [-0.4, -0.2) is 55.5 Å². The predicted molar refractivity (Wildman–Crippen MR) is 75.4 cm³/mol. The lowest BCUT2D eigenvalue weighted by molar-refractivity contribution is -0.131. The second-order valence-electron chi connectivity index (χ2n) is 5.79. The third kappa shape index (κ3) is 4.94. The van der Waals surface area contributed by atoms with Crippen molar-refractivity contribution in [3.63, 3.8) is 0 Å². The molecule has 0 heterocycles. The molecule has 0 atom stereocenters. The highest BCUT2D eigenvalue weighted by atomic mass is 16.2. The fourth-order valence-electron chi connectivity index (χ4n) is 2.60. The second kappa shape index (κ2) is 7.74. The Morgan fingerprint density at radius 1 is 1.22 bits per heavy atom. The number of carbonyl (C=O) groups excluding carboxylic acids is 1. The van der Waals surface area contributed by atoms with Crippen molar-refractivity contribution in [2.75, 3.05) is 33.7 Å². The third-order valence-corrected chi connectivity index (χ3v) is 4.12. The Bertz CT molecular complexity index is 249. The van der Waals surface area contributed by atoms with Crippen LogP contribution in [-0.2, 0) is 4.79 Å². The van der Waals surface area contributed by atoms with Gasteiger partial charge in [-0.2, -0.15) is 0 Å². The predicted octanol–water partition coefficient (Wildman–Crippen LogP) is 1.30. The summed E-state index contributed by atoms with van der Waals surface area (Å²) in [4.78, 5) is 16.0. The van der Waals surface area contributed by atoms with Crippen molar-refractivity contribution in [3.05, 3.63) is 0 Å². The molecule has 1 rings (SSSR count). The molecule has 1 fully saturated rings. The molecule has 0 aromatic rings. The van der Waals surface area contributed by atoms with E-state index in [9.17, 15) is 4.79 Å². The largest absolute Gasteiger partial charge is 0.345 e. The van der Waals surface area contributed by atoms with E-state index in [0.29, 0.717) is 19.1 Å². The first kappa shape index (κ1) is 15.4. The molecule has 0 unspecified atom stereocenters. The van der Waals surface area contributed by atoms with E-state index in [4.69, 9.17) is 5.73 Å². The molecular formula is C14H29N3O. The highest BCUT2D eigenvalue weighted by molar-refractivity contribution is 5.77. The Hall–Kier alpha value is -0.610. The number of nitrogens with zero attached hydrogens (tertiary/aromatic N) is 2. The Morgan fingerprint density at radius 3 is 2.39 bits per heavy atom. The molecule has 106 valence electrons. The van der Waals surface area contributed by atoms with Crippen molar-refractivity contribution in [3.8, 4) is 0 Å². The van der Waals surface area contributed by atoms with E-state index in [0.717, 1.165) is 18.9 Å². The molecule has 0 spiro atoms. The molecule has 0 aromatic heterocycles. The van der Waals surface area contributed by atoms with Gasteiger partial charge in [-0.15, -0.1) is 0 Å². The zero-order valence-corrected chi connectivity index (χ0v) is 12.2. The molecule has 4 nitrogen and oxygen atoms in total. The van der Waals surface area contributed by atoms with Crippen LogP contribution >= 0.6 is 0 Å². The maximum atomic E-state index is 12.0. The summed E-state index contributed by atoms with van der Waals surface area (Å²) in [6.45, 7) is 4.28. The number of carbonyl (C=O) groups is 1. The lowest BCUT2D eigenvalue weighted by Gasteiger charge is -2.34. The van der Waals surface area contributed by atoms with Crippen molar-refractivity contribution in [2.45, 2.75) is 45.1 Å². The third-order valence-electron chi connectivity index (χ3n) is 4.12. The van der Waals surface area contributed by atoms with E-state index < -0.39 is 0 Å². The highest BCUT2D eigenvalue weighted by Gasteiger charge is 2.23. The van der Waals surface area contributed by atoms with Gasteiger partial charge in [0.25, 0.3) is 0 Å². The fraction of sp³-hybridized carbons (Fsp3) is 0.929. The maximum Gasteiger partial charge on any atom is 0.236 e. The second-order valence-corrected chi connectivity index (χ2v) is 5.79. The topological polar surface area (TPSA) is 49.6 Å². The highest BCUT2D eigenvalue weighted by Crippen LogP contribution is 2.26. The van der Waals surface area contributed by atoms with E-state index in [2.05, 4.69) is 18.9 Å². The van der Waals surface area contributed by atoms with Crippen LogP contribution in [0.2, 0.25) is 0 Å². The molecule has 0 aliphatic heterocycles. The smallest absolute Gasteiger partial charge is 0.236 e. The average Bonchev–Trinajstić information content (AvgIpc) is 2.36. The zero-order valence-electron chi connectivity index (χ0n) is 12.2. The average molecular weight is 255 g/mol. The lowest BCUT2D eigenvalue weighted by atomic mass is 9.87. The normalized spacial score (nSPS) is 24.3. The molecular weight excluding hydrogens is 226 g/mol. The van der Waals surface area contributed by atoms with Gasteiger partial charge in [-0.3, -0.25) is 9.69 Å². The molecule has 4 heteroatoms. The molecule has 1 aliphatic rings. The molecule has 0 aromatic carbocycles. The van der Waals surface area contributed by atoms with Gasteiger partial charge in [0.1, 0.15) is 0 Å². The first-order valence-corrected chi connectivity index (χ1v) is 7.18. The number of amides is 1. The first-order valence-electron chi connectivity index (χ1n) is 7.18. The van der Waals surface area contributed by atoms with Crippen molar-refractivity contribution in [2.24, 2.45) is 11.7 Å². The minimum Gasteiger partial charge on any atom is -0.345 e. The molecule has 18 heavy (non-hydrogen) atoms. The quantitative estimate of drug-likeness (QED) is 0.778. The van der Waals surface area contributed by atoms with Crippen LogP contribution < -0.4 is 5.73 Å². The number of nitrogens with two attached hydrogens (primary N) is 1. The van der Waals surface area contributed by atoms with Crippen LogP contribution in [0.25, 0.3) is 0 Å². The minimum atomic E-state index is 0.213. The summed E-state index contributed by atoms with van der Waals surface area (Å²) >= 11 is 0. The van der Waals surface area contributed by atoms with Crippen LogP contribution in [0.3, 0.4) is 0 Å². The molecule has 1 amide bonds. The Balaban J connectivity index is 2.30. The summed E-state index contributed by atoms with van der Waals surface area (Å²) in [6, 6.07) is 0.591. The van der Waals surface area contributed by atoms with Gasteiger partial charge in [-0.05, 0) is 51.6 Å². The van der Waals surface area contributed by atoms with Gasteiger partial charge in [0.05, 0.1) is 6.54 Å². The van der Waals surface area contributed by atoms with Gasteiger partial charge in [0, 0.05) is 19.6 Å². The van der Waals surface area contributed by atoms with Gasteiger partial charge in [0.15, 0.2) is 0 Å². The van der Waals surface area contributed by atoms with Crippen LogP contribution in [0.5, 0.6) is 0 Å². The number of rotatable bonds is 6. The van der Waals surface area contributed by atoms with Gasteiger partial charge in [-0.25, -0.2) is 0 Å². The maximum absolute atomic E-state index is 12.0. The van der Waals surface area contributed by atoms with Gasteiger partial charge in [-0.1, -0.05) is 6.92 Å². The van der Waals surface area contributed by atoms with Crippen LogP contribution in [0.4, 0.5) is 0 Å². The van der Waals surface area contributed by atoms with E-state index in [1.807, 2.05) is 7.05 Å². The molecule has 1 saturated carbocycles. The molecule has 0 bridgehead atoms. The van der Waals surface area contributed by atoms with E-state index in [1.165, 1.54) is 25.7 Å². The zero-order chi connectivity index (χ0) is 13.5. The number of likely N-dealkylation sites (N-methyl/N-ethyl adjacent to an activating group) is 2. The van der Waals surface area contributed by atoms with Crippen molar-refractivity contribution >= 4 is 5.91 Å². The molecule has 0 radical (unpaired) electrons. The van der Waals surface area contributed by atoms with Crippen molar-refractivity contribution in [1.82, 2.24) is 9.80 Å². The van der Waals surface area contributed by atoms with Crippen LogP contribution in [0.15, 0.2) is 0 Å². The summed E-state index contributed by atoms with van der Waals surface area (Å²) in [7, 11) is 3.95. The van der Waals surface area contributed by atoms with Crippen LogP contribution in [0.1, 0.15) is 39.0 Å². The monoisotopic (exact) mass is 255 g/mol. The number of hydrogen-bond acceptors (Lipinski definition) is 3. The SMILES string of the molecule is CC1CCC(N(C)CC(=O)N(C)CCCN)CC1. The fourth-order valence-corrected chi connectivity index (χ4v) is 2.60. The first-order chi connectivity index (χ1) is 8.54. The van der Waals surface area contributed by atoms with Gasteiger partial charge in [0.2, 0.25) is 5.91 Å². The summed E-state index contributed by atoms with van der Waals surface area (Å²) < 4.78 is 0. The summed E-state index contributed by atoms with van der Waals surface area (Å²) in [5.74, 6) is 1.07. The summed E-state index contributed by atoms with van der Waals surface area (Å²) in [5.41, 5.74) is 5.46. The van der Waals surface area contributed by atoms with Crippen molar-refractivity contribution in [1.29, 1.82) is 0 Å². The van der Waals surface area contributed by atoms with E-state index in [-0.39, 0.29) is 5.91 Å². The molecule has 2 N–H and O–H groups in total. The minimum absolute atomic E-state index is 0.213. The molecule has 1 aliphatic carbocycles.